The Morgan fingerprint density at radius 3 is 1.15 bits per heavy atom. The van der Waals surface area contributed by atoms with Gasteiger partial charge >= 0.3 is 23.9 Å². The quantitative estimate of drug-likeness (QED) is 0.208. The van der Waals surface area contributed by atoms with Gasteiger partial charge in [-0.2, -0.15) is 0 Å². The van der Waals surface area contributed by atoms with Crippen LogP contribution in [-0.4, -0.2) is 94.2 Å². The Bertz CT molecular complexity index is 348. The first-order valence-corrected chi connectivity index (χ1v) is 7.41. The normalized spacial score (nSPS) is 9.15. The Morgan fingerprint density at radius 1 is 0.577 bits per heavy atom. The molecule has 0 fully saturated rings. The smallest absolute Gasteiger partial charge is 0.329 e. The third-order valence-corrected chi connectivity index (χ3v) is 1.95. The zero-order chi connectivity index (χ0) is 20.8. The standard InChI is InChI=1S/C6H10O4.C4H6O5.C4H10O3/c7-5(8)3-1-2-4-6(9)10;5-3(6)1-9-2-4(7)8;5-1-3-7-4-2-6/h1-4H2,(H,7,8)(H,9,10);1-2H2,(H,5,6)(H,7,8);5-6H,1-4H2. The van der Waals surface area contributed by atoms with Crippen molar-refractivity contribution in [2.75, 3.05) is 39.6 Å². The van der Waals surface area contributed by atoms with Crippen molar-refractivity contribution < 1.29 is 59.3 Å². The van der Waals surface area contributed by atoms with Crippen LogP contribution in [-0.2, 0) is 28.7 Å². The van der Waals surface area contributed by atoms with E-state index in [4.69, 9.17) is 30.6 Å². The van der Waals surface area contributed by atoms with Crippen molar-refractivity contribution in [3.63, 3.8) is 0 Å². The molecule has 26 heavy (non-hydrogen) atoms. The Balaban J connectivity index is -0.000000310. The molecular formula is C14H26O12. The summed E-state index contributed by atoms with van der Waals surface area (Å²) in [6, 6.07) is 0. The highest BCUT2D eigenvalue weighted by Gasteiger charge is 1.99. The van der Waals surface area contributed by atoms with Crippen LogP contribution < -0.4 is 0 Å². The SMILES string of the molecule is O=C(O)CCCCC(=O)O.O=C(O)COCC(=O)O.OCCOCCO. The summed E-state index contributed by atoms with van der Waals surface area (Å²) in [4.78, 5) is 39.1. The van der Waals surface area contributed by atoms with Crippen molar-refractivity contribution in [3.8, 4) is 0 Å². The zero-order valence-electron chi connectivity index (χ0n) is 14.2. The lowest BCUT2D eigenvalue weighted by Crippen LogP contribution is -2.13. The van der Waals surface area contributed by atoms with Crippen molar-refractivity contribution >= 4 is 23.9 Å². The number of ether oxygens (including phenoxy) is 2. The van der Waals surface area contributed by atoms with Gasteiger partial charge in [-0.05, 0) is 12.8 Å². The van der Waals surface area contributed by atoms with E-state index in [-0.39, 0.29) is 26.1 Å². The summed E-state index contributed by atoms with van der Waals surface area (Å²) in [5.41, 5.74) is 0. The molecule has 0 saturated carbocycles. The summed E-state index contributed by atoms with van der Waals surface area (Å²) in [6.45, 7) is -0.431. The predicted molar refractivity (Wildman–Crippen MR) is 84.8 cm³/mol. The molecule has 0 aliphatic carbocycles. The summed E-state index contributed by atoms with van der Waals surface area (Å²) in [5.74, 6) is -4.08. The van der Waals surface area contributed by atoms with E-state index in [0.717, 1.165) is 0 Å². The number of carboxylic acid groups (broad SMARTS) is 4. The molecule has 0 rings (SSSR count). The third kappa shape index (κ3) is 43.0. The Labute approximate surface area is 149 Å². The van der Waals surface area contributed by atoms with Gasteiger partial charge in [-0.1, -0.05) is 0 Å². The lowest BCUT2D eigenvalue weighted by molar-refractivity contribution is -0.148. The molecule has 0 aromatic rings. The third-order valence-electron chi connectivity index (χ3n) is 1.95. The highest BCUT2D eigenvalue weighted by molar-refractivity contribution is 5.70. The molecule has 12 heteroatoms. The fourth-order valence-electron chi connectivity index (χ4n) is 1.01. The number of aliphatic hydroxyl groups is 2. The molecule has 0 bridgehead atoms. The Kier molecular flexibility index (Phi) is 24.9. The van der Waals surface area contributed by atoms with Gasteiger partial charge in [-0.15, -0.1) is 0 Å². The van der Waals surface area contributed by atoms with Crippen LogP contribution in [0.3, 0.4) is 0 Å². The first-order valence-electron chi connectivity index (χ1n) is 7.41. The lowest BCUT2D eigenvalue weighted by atomic mass is 10.2. The highest BCUT2D eigenvalue weighted by Crippen LogP contribution is 1.98. The average molecular weight is 386 g/mol. The Hall–Kier alpha value is -2.28. The second-order valence-corrected chi connectivity index (χ2v) is 4.33. The number of hydrogen-bond donors (Lipinski definition) is 6. The molecule has 0 unspecified atom stereocenters. The molecule has 0 radical (unpaired) electrons. The first-order chi connectivity index (χ1) is 12.2. The van der Waals surface area contributed by atoms with E-state index in [1.54, 1.807) is 0 Å². The monoisotopic (exact) mass is 386 g/mol. The minimum atomic E-state index is -1.17. The molecule has 12 nitrogen and oxygen atoms in total. The molecule has 0 atom stereocenters. The van der Waals surface area contributed by atoms with Gasteiger partial charge in [-0.3, -0.25) is 9.59 Å². The second-order valence-electron chi connectivity index (χ2n) is 4.33. The van der Waals surface area contributed by atoms with E-state index in [1.165, 1.54) is 0 Å². The summed E-state index contributed by atoms with van der Waals surface area (Å²) in [7, 11) is 0. The Morgan fingerprint density at radius 2 is 0.923 bits per heavy atom. The lowest BCUT2D eigenvalue weighted by Gasteiger charge is -1.94. The molecule has 0 aliphatic rings. The van der Waals surface area contributed by atoms with Crippen LogP contribution in [0, 0.1) is 0 Å². The molecule has 0 amide bonds. The first kappa shape index (κ1) is 28.5. The molecular weight excluding hydrogens is 360 g/mol. The summed E-state index contributed by atoms with van der Waals surface area (Å²) < 4.78 is 8.79. The van der Waals surface area contributed by atoms with Crippen LogP contribution in [0.5, 0.6) is 0 Å². The highest BCUT2D eigenvalue weighted by atomic mass is 16.5. The fourth-order valence-corrected chi connectivity index (χ4v) is 1.01. The van der Waals surface area contributed by atoms with Gasteiger partial charge in [0.05, 0.1) is 26.4 Å². The van der Waals surface area contributed by atoms with E-state index < -0.39 is 37.1 Å². The number of carbonyl (C=O) groups is 4. The van der Waals surface area contributed by atoms with Crippen molar-refractivity contribution in [3.05, 3.63) is 0 Å². The minimum Gasteiger partial charge on any atom is -0.481 e. The van der Waals surface area contributed by atoms with Crippen LogP contribution in [0.15, 0.2) is 0 Å². The van der Waals surface area contributed by atoms with Crippen LogP contribution in [0.2, 0.25) is 0 Å². The van der Waals surface area contributed by atoms with Crippen molar-refractivity contribution in [2.24, 2.45) is 0 Å². The minimum absolute atomic E-state index is 0.0278. The van der Waals surface area contributed by atoms with E-state index in [0.29, 0.717) is 26.1 Å². The van der Waals surface area contributed by atoms with Crippen LogP contribution in [0.4, 0.5) is 0 Å². The molecule has 0 saturated heterocycles. The molecule has 0 spiro atoms. The van der Waals surface area contributed by atoms with E-state index >= 15 is 0 Å². The number of carboxylic acids is 4. The van der Waals surface area contributed by atoms with Gasteiger partial charge in [0.15, 0.2) is 0 Å². The largest absolute Gasteiger partial charge is 0.481 e. The molecule has 0 heterocycles. The van der Waals surface area contributed by atoms with E-state index in [9.17, 15) is 19.2 Å². The molecule has 6 N–H and O–H groups in total. The van der Waals surface area contributed by atoms with Crippen LogP contribution in [0.1, 0.15) is 25.7 Å². The van der Waals surface area contributed by atoms with Gasteiger partial charge in [0.25, 0.3) is 0 Å². The fraction of sp³-hybridized carbons (Fsp3) is 0.714. The maximum Gasteiger partial charge on any atom is 0.329 e. The van der Waals surface area contributed by atoms with Crippen molar-refractivity contribution in [2.45, 2.75) is 25.7 Å². The zero-order valence-corrected chi connectivity index (χ0v) is 14.2. The number of aliphatic carboxylic acids is 4. The maximum atomic E-state index is 9.90. The van der Waals surface area contributed by atoms with E-state index in [2.05, 4.69) is 9.47 Å². The van der Waals surface area contributed by atoms with Crippen LogP contribution >= 0.6 is 0 Å². The van der Waals surface area contributed by atoms with Gasteiger partial charge < -0.3 is 40.1 Å². The molecule has 0 aromatic heterocycles. The van der Waals surface area contributed by atoms with E-state index in [1.807, 2.05) is 0 Å². The summed E-state index contributed by atoms with van der Waals surface area (Å²) in [6.07, 6.45) is 1.02. The molecule has 0 aromatic carbocycles. The number of hydrogen-bond acceptors (Lipinski definition) is 8. The summed E-state index contributed by atoms with van der Waals surface area (Å²) in [5, 5.41) is 48.3. The van der Waals surface area contributed by atoms with Gasteiger partial charge in [0.1, 0.15) is 13.2 Å². The van der Waals surface area contributed by atoms with Crippen molar-refractivity contribution in [1.29, 1.82) is 0 Å². The van der Waals surface area contributed by atoms with Gasteiger partial charge in [-0.25, -0.2) is 9.59 Å². The number of unbranched alkanes of at least 4 members (excludes halogenated alkanes) is 1. The second kappa shape index (κ2) is 22.7. The average Bonchev–Trinajstić information content (AvgIpc) is 2.52. The van der Waals surface area contributed by atoms with Crippen LogP contribution in [0.25, 0.3) is 0 Å². The topological polar surface area (TPSA) is 208 Å². The van der Waals surface area contributed by atoms with Gasteiger partial charge in [0.2, 0.25) is 0 Å². The predicted octanol–water partition coefficient (Wildman–Crippen LogP) is -1.12. The summed E-state index contributed by atoms with van der Waals surface area (Å²) >= 11 is 0. The number of aliphatic hydroxyl groups excluding tert-OH is 2. The van der Waals surface area contributed by atoms with Gasteiger partial charge in [0, 0.05) is 12.8 Å². The molecule has 0 aliphatic heterocycles. The number of rotatable bonds is 13. The molecule has 154 valence electrons. The maximum absolute atomic E-state index is 9.90. The van der Waals surface area contributed by atoms with Crippen molar-refractivity contribution in [1.82, 2.24) is 0 Å².